The van der Waals surface area contributed by atoms with E-state index in [1.807, 2.05) is 34.6 Å². The number of esters is 1. The highest BCUT2D eigenvalue weighted by atomic mass is 16.5. The lowest BCUT2D eigenvalue weighted by Gasteiger charge is -2.30. The zero-order chi connectivity index (χ0) is 17.8. The summed E-state index contributed by atoms with van der Waals surface area (Å²) in [4.78, 5) is 24.0. The largest absolute Gasteiger partial charge is 0.478 e. The van der Waals surface area contributed by atoms with Crippen LogP contribution in [0.2, 0.25) is 0 Å². The zero-order valence-corrected chi connectivity index (χ0v) is 15.0. The standard InChI is InChI=1S/C19H28O4/c1-7-8-9-16(19(4,5)6)23-18(22)15-11-13(3)12(2)10-14(15)17(20)21/h10-11,16H,7-9H2,1-6H3,(H,20,21). The highest BCUT2D eigenvalue weighted by molar-refractivity contribution is 6.02. The first-order chi connectivity index (χ1) is 10.6. The van der Waals surface area contributed by atoms with Crippen LogP contribution in [-0.4, -0.2) is 23.1 Å². The second-order valence-electron chi connectivity index (χ2n) is 7.19. The number of hydrogen-bond donors (Lipinski definition) is 1. The van der Waals surface area contributed by atoms with Gasteiger partial charge in [-0.25, -0.2) is 9.59 Å². The fourth-order valence-corrected chi connectivity index (χ4v) is 2.41. The maximum Gasteiger partial charge on any atom is 0.339 e. The molecule has 0 amide bonds. The molecule has 23 heavy (non-hydrogen) atoms. The molecule has 128 valence electrons. The molecular weight excluding hydrogens is 292 g/mol. The van der Waals surface area contributed by atoms with Gasteiger partial charge in [0.1, 0.15) is 6.10 Å². The summed E-state index contributed by atoms with van der Waals surface area (Å²) in [5.41, 5.74) is 1.67. The van der Waals surface area contributed by atoms with Crippen LogP contribution in [0.15, 0.2) is 12.1 Å². The smallest absolute Gasteiger partial charge is 0.339 e. The van der Waals surface area contributed by atoms with E-state index in [1.54, 1.807) is 6.07 Å². The Balaban J connectivity index is 3.13. The van der Waals surface area contributed by atoms with Gasteiger partial charge in [0.05, 0.1) is 11.1 Å². The van der Waals surface area contributed by atoms with E-state index in [4.69, 9.17) is 4.74 Å². The molecule has 1 atom stereocenters. The molecule has 0 radical (unpaired) electrons. The van der Waals surface area contributed by atoms with Crippen molar-refractivity contribution in [2.75, 3.05) is 0 Å². The van der Waals surface area contributed by atoms with Crippen molar-refractivity contribution in [2.45, 2.75) is 66.9 Å². The number of carbonyl (C=O) groups is 2. The Morgan fingerprint density at radius 2 is 1.65 bits per heavy atom. The molecule has 4 nitrogen and oxygen atoms in total. The molecule has 0 aliphatic rings. The van der Waals surface area contributed by atoms with E-state index in [0.29, 0.717) is 0 Å². The predicted molar refractivity (Wildman–Crippen MR) is 91.1 cm³/mol. The quantitative estimate of drug-likeness (QED) is 0.767. The van der Waals surface area contributed by atoms with Gasteiger partial charge < -0.3 is 9.84 Å². The van der Waals surface area contributed by atoms with Gasteiger partial charge in [-0.3, -0.25) is 0 Å². The Hall–Kier alpha value is -1.84. The minimum atomic E-state index is -1.11. The minimum Gasteiger partial charge on any atom is -0.478 e. The molecule has 0 aliphatic carbocycles. The predicted octanol–water partition coefficient (Wildman–Crippen LogP) is 4.76. The van der Waals surface area contributed by atoms with Crippen LogP contribution in [0, 0.1) is 19.3 Å². The average Bonchev–Trinajstić information content (AvgIpc) is 2.44. The third kappa shape index (κ3) is 5.08. The Bertz CT molecular complexity index is 582. The first kappa shape index (κ1) is 19.2. The van der Waals surface area contributed by atoms with Gasteiger partial charge in [0, 0.05) is 0 Å². The van der Waals surface area contributed by atoms with Crippen LogP contribution in [0.3, 0.4) is 0 Å². The fourth-order valence-electron chi connectivity index (χ4n) is 2.41. The van der Waals surface area contributed by atoms with E-state index in [9.17, 15) is 14.7 Å². The fraction of sp³-hybridized carbons (Fsp3) is 0.579. The maximum absolute atomic E-state index is 12.6. The average molecular weight is 320 g/mol. The first-order valence-electron chi connectivity index (χ1n) is 8.13. The second kappa shape index (κ2) is 7.62. The molecule has 0 bridgehead atoms. The van der Waals surface area contributed by atoms with E-state index >= 15 is 0 Å². The van der Waals surface area contributed by atoms with Gasteiger partial charge >= 0.3 is 11.9 Å². The molecule has 4 heteroatoms. The third-order valence-electron chi connectivity index (χ3n) is 4.12. The van der Waals surface area contributed by atoms with Crippen LogP contribution in [0.1, 0.15) is 78.8 Å². The number of aromatic carboxylic acids is 1. The zero-order valence-electron chi connectivity index (χ0n) is 15.0. The van der Waals surface area contributed by atoms with Gasteiger partial charge in [0.15, 0.2) is 0 Å². The molecule has 0 aromatic heterocycles. The topological polar surface area (TPSA) is 63.6 Å². The Labute approximate surface area is 138 Å². The lowest BCUT2D eigenvalue weighted by Crippen LogP contribution is -2.32. The maximum atomic E-state index is 12.6. The number of ether oxygens (including phenoxy) is 1. The number of carbonyl (C=O) groups excluding carboxylic acids is 1. The van der Waals surface area contributed by atoms with Gasteiger partial charge in [-0.2, -0.15) is 0 Å². The summed E-state index contributed by atoms with van der Waals surface area (Å²) >= 11 is 0. The number of benzene rings is 1. The molecule has 1 unspecified atom stereocenters. The molecule has 1 aromatic rings. The normalized spacial score (nSPS) is 12.8. The lowest BCUT2D eigenvalue weighted by atomic mass is 9.86. The van der Waals surface area contributed by atoms with Crippen LogP contribution < -0.4 is 0 Å². The SMILES string of the molecule is CCCCC(OC(=O)c1cc(C)c(C)cc1C(=O)O)C(C)(C)C. The Morgan fingerprint density at radius 1 is 1.13 bits per heavy atom. The number of unbranched alkanes of at least 4 members (excludes halogenated alkanes) is 1. The molecule has 0 saturated carbocycles. The summed E-state index contributed by atoms with van der Waals surface area (Å²) in [5, 5.41) is 9.36. The van der Waals surface area contributed by atoms with Crippen molar-refractivity contribution in [3.8, 4) is 0 Å². The van der Waals surface area contributed by atoms with Crippen LogP contribution in [-0.2, 0) is 4.74 Å². The lowest BCUT2D eigenvalue weighted by molar-refractivity contribution is -0.00697. The summed E-state index contributed by atoms with van der Waals surface area (Å²) in [6.07, 6.45) is 2.53. The van der Waals surface area contributed by atoms with Crippen LogP contribution in [0.4, 0.5) is 0 Å². The van der Waals surface area contributed by atoms with Crippen molar-refractivity contribution in [2.24, 2.45) is 5.41 Å². The molecule has 0 fully saturated rings. The van der Waals surface area contributed by atoms with Gasteiger partial charge in [-0.15, -0.1) is 0 Å². The van der Waals surface area contributed by atoms with E-state index in [2.05, 4.69) is 6.92 Å². The van der Waals surface area contributed by atoms with Crippen LogP contribution in [0.5, 0.6) is 0 Å². The van der Waals surface area contributed by atoms with Gasteiger partial charge in [-0.05, 0) is 48.9 Å². The Morgan fingerprint density at radius 3 is 2.09 bits per heavy atom. The first-order valence-corrected chi connectivity index (χ1v) is 8.13. The molecular formula is C19H28O4. The molecule has 0 aliphatic heterocycles. The minimum absolute atomic E-state index is 0.00116. The van der Waals surface area contributed by atoms with E-state index in [1.165, 1.54) is 6.07 Å². The van der Waals surface area contributed by atoms with Crippen LogP contribution in [0.25, 0.3) is 0 Å². The molecule has 0 spiro atoms. The number of carboxylic acid groups (broad SMARTS) is 1. The number of hydrogen-bond acceptors (Lipinski definition) is 3. The van der Waals surface area contributed by atoms with Crippen molar-refractivity contribution in [1.82, 2.24) is 0 Å². The number of rotatable bonds is 6. The van der Waals surface area contributed by atoms with E-state index < -0.39 is 11.9 Å². The van der Waals surface area contributed by atoms with Crippen molar-refractivity contribution in [1.29, 1.82) is 0 Å². The van der Waals surface area contributed by atoms with Crippen molar-refractivity contribution < 1.29 is 19.4 Å². The van der Waals surface area contributed by atoms with Crippen molar-refractivity contribution in [3.63, 3.8) is 0 Å². The second-order valence-corrected chi connectivity index (χ2v) is 7.19. The summed E-state index contributed by atoms with van der Waals surface area (Å²) in [6.45, 7) is 11.9. The van der Waals surface area contributed by atoms with Gasteiger partial charge in [-0.1, -0.05) is 40.5 Å². The van der Waals surface area contributed by atoms with Gasteiger partial charge in [0.25, 0.3) is 0 Å². The highest BCUT2D eigenvalue weighted by Crippen LogP contribution is 2.28. The van der Waals surface area contributed by atoms with Crippen molar-refractivity contribution >= 4 is 11.9 Å². The monoisotopic (exact) mass is 320 g/mol. The molecule has 0 saturated heterocycles. The van der Waals surface area contributed by atoms with Crippen LogP contribution >= 0.6 is 0 Å². The third-order valence-corrected chi connectivity index (χ3v) is 4.12. The molecule has 1 aromatic carbocycles. The number of aryl methyl sites for hydroxylation is 2. The molecule has 1 rings (SSSR count). The molecule has 0 heterocycles. The summed E-state index contributed by atoms with van der Waals surface area (Å²) in [6, 6.07) is 3.15. The number of carboxylic acids is 1. The highest BCUT2D eigenvalue weighted by Gasteiger charge is 2.29. The van der Waals surface area contributed by atoms with E-state index in [-0.39, 0.29) is 22.6 Å². The summed E-state index contributed by atoms with van der Waals surface area (Å²) < 4.78 is 5.69. The van der Waals surface area contributed by atoms with E-state index in [0.717, 1.165) is 30.4 Å². The summed E-state index contributed by atoms with van der Waals surface area (Å²) in [5.74, 6) is -1.66. The van der Waals surface area contributed by atoms with Gasteiger partial charge in [0.2, 0.25) is 0 Å². The Kier molecular flexibility index (Phi) is 6.37. The van der Waals surface area contributed by atoms with Crippen molar-refractivity contribution in [3.05, 3.63) is 34.4 Å². The molecule has 1 N–H and O–H groups in total. The summed E-state index contributed by atoms with van der Waals surface area (Å²) in [7, 11) is 0.